The number of hydrogen-bond acceptors (Lipinski definition) is 4. The van der Waals surface area contributed by atoms with E-state index in [1.54, 1.807) is 13.3 Å². The Kier molecular flexibility index (Phi) is 3.91. The smallest absolute Gasteiger partial charge is 0.431 e. The normalized spacial score (nSPS) is 10.5. The highest BCUT2D eigenvalue weighted by molar-refractivity contribution is 5.85. The first-order valence-electron chi connectivity index (χ1n) is 5.97. The van der Waals surface area contributed by atoms with Crippen molar-refractivity contribution in [2.75, 3.05) is 20.7 Å². The zero-order valence-electron chi connectivity index (χ0n) is 11.0. The average molecular weight is 263 g/mol. The van der Waals surface area contributed by atoms with E-state index in [1.165, 1.54) is 11.8 Å². The minimum absolute atomic E-state index is 0.521. The fourth-order valence-electron chi connectivity index (χ4n) is 1.94. The lowest BCUT2D eigenvalue weighted by atomic mass is 10.1. The van der Waals surface area contributed by atoms with E-state index in [2.05, 4.69) is 5.32 Å². The number of methoxy groups -OCH3 is 1. The molecule has 0 bridgehead atoms. The number of fused-ring (bicyclic) bond motifs is 1. The Labute approximate surface area is 111 Å². The van der Waals surface area contributed by atoms with Gasteiger partial charge in [0, 0.05) is 18.6 Å². The van der Waals surface area contributed by atoms with Gasteiger partial charge in [0.15, 0.2) is 0 Å². The molecule has 2 rings (SSSR count). The van der Waals surface area contributed by atoms with Crippen molar-refractivity contribution in [3.63, 3.8) is 0 Å². The fraction of sp³-hybridized carbons (Fsp3) is 0.308. The lowest BCUT2D eigenvalue weighted by Crippen LogP contribution is -2.28. The molecule has 1 aromatic heterocycles. The predicted molar refractivity (Wildman–Crippen MR) is 72.3 cm³/mol. The molecule has 0 radical (unpaired) electrons. The molecule has 1 heterocycles. The van der Waals surface area contributed by atoms with Gasteiger partial charge in [0.1, 0.15) is 5.75 Å². The number of carbonyl (C=O) groups excluding carboxylic acids is 1. The van der Waals surface area contributed by atoms with Crippen molar-refractivity contribution in [3.05, 3.63) is 30.0 Å². The maximum absolute atomic E-state index is 11.3. The zero-order valence-corrected chi connectivity index (χ0v) is 11.0. The first-order chi connectivity index (χ1) is 9.19. The summed E-state index contributed by atoms with van der Waals surface area (Å²) < 4.78 is 6.65. The molecule has 0 saturated heterocycles. The van der Waals surface area contributed by atoms with E-state index in [9.17, 15) is 4.79 Å². The molecule has 0 spiro atoms. The van der Waals surface area contributed by atoms with Crippen LogP contribution in [0.25, 0.3) is 10.9 Å². The molecule has 19 heavy (non-hydrogen) atoms. The van der Waals surface area contributed by atoms with Gasteiger partial charge >= 0.3 is 6.09 Å². The highest BCUT2D eigenvalue weighted by Gasteiger charge is 2.12. The van der Waals surface area contributed by atoms with Gasteiger partial charge in [-0.25, -0.2) is 4.79 Å². The summed E-state index contributed by atoms with van der Waals surface area (Å²) in [5.74, 6) is 0.753. The molecule has 0 unspecified atom stereocenters. The van der Waals surface area contributed by atoms with Gasteiger partial charge in [-0.15, -0.1) is 0 Å². The first-order valence-corrected chi connectivity index (χ1v) is 5.97. The van der Waals surface area contributed by atoms with Crippen molar-refractivity contribution in [1.82, 2.24) is 10.0 Å². The van der Waals surface area contributed by atoms with E-state index >= 15 is 0 Å². The van der Waals surface area contributed by atoms with Crippen LogP contribution < -0.4 is 20.6 Å². The summed E-state index contributed by atoms with van der Waals surface area (Å²) in [4.78, 5) is 16.5. The highest BCUT2D eigenvalue weighted by Crippen LogP contribution is 2.25. The molecule has 1 aromatic carbocycles. The quantitative estimate of drug-likeness (QED) is 0.859. The first kappa shape index (κ1) is 13.2. The third-order valence-electron chi connectivity index (χ3n) is 2.86. The molecule has 2 aromatic rings. The molecule has 0 atom stereocenters. The SMILES string of the molecule is CNC(=O)On1cc(CCN)c2cc(OC)ccc21. The second-order valence-corrected chi connectivity index (χ2v) is 4.03. The summed E-state index contributed by atoms with van der Waals surface area (Å²) >= 11 is 0. The monoisotopic (exact) mass is 263 g/mol. The van der Waals surface area contributed by atoms with E-state index in [1.807, 2.05) is 18.2 Å². The number of nitrogens with one attached hydrogen (secondary N) is 1. The van der Waals surface area contributed by atoms with Crippen LogP contribution in [-0.4, -0.2) is 31.5 Å². The van der Waals surface area contributed by atoms with E-state index in [0.29, 0.717) is 13.0 Å². The van der Waals surface area contributed by atoms with Crippen LogP contribution in [-0.2, 0) is 6.42 Å². The minimum atomic E-state index is -0.521. The van der Waals surface area contributed by atoms with Crippen molar-refractivity contribution in [2.24, 2.45) is 5.73 Å². The van der Waals surface area contributed by atoms with Gasteiger partial charge < -0.3 is 20.6 Å². The van der Waals surface area contributed by atoms with E-state index in [0.717, 1.165) is 22.2 Å². The Hall–Kier alpha value is -2.21. The third kappa shape index (κ3) is 2.63. The largest absolute Gasteiger partial charge is 0.497 e. The van der Waals surface area contributed by atoms with Crippen molar-refractivity contribution in [3.8, 4) is 5.75 Å². The number of benzene rings is 1. The molecule has 6 nitrogen and oxygen atoms in total. The molecular weight excluding hydrogens is 246 g/mol. The third-order valence-corrected chi connectivity index (χ3v) is 2.86. The van der Waals surface area contributed by atoms with Gasteiger partial charge in [-0.3, -0.25) is 0 Å². The van der Waals surface area contributed by atoms with Crippen LogP contribution in [0.4, 0.5) is 4.79 Å². The summed E-state index contributed by atoms with van der Waals surface area (Å²) in [6, 6.07) is 5.57. The minimum Gasteiger partial charge on any atom is -0.497 e. The van der Waals surface area contributed by atoms with Crippen LogP contribution in [0, 0.1) is 0 Å². The fourth-order valence-corrected chi connectivity index (χ4v) is 1.94. The zero-order chi connectivity index (χ0) is 13.8. The number of nitrogens with zero attached hydrogens (tertiary/aromatic N) is 1. The molecule has 0 aliphatic rings. The van der Waals surface area contributed by atoms with Gasteiger partial charge in [0.05, 0.1) is 12.6 Å². The number of carbonyl (C=O) groups is 1. The Morgan fingerprint density at radius 3 is 2.89 bits per heavy atom. The van der Waals surface area contributed by atoms with Gasteiger partial charge in [0.2, 0.25) is 0 Å². The second kappa shape index (κ2) is 5.62. The Bertz CT molecular complexity index is 592. The molecule has 3 N–H and O–H groups in total. The summed E-state index contributed by atoms with van der Waals surface area (Å²) in [6.45, 7) is 0.524. The summed E-state index contributed by atoms with van der Waals surface area (Å²) in [5.41, 5.74) is 7.41. The second-order valence-electron chi connectivity index (χ2n) is 4.03. The number of aromatic nitrogens is 1. The Balaban J connectivity index is 2.49. The van der Waals surface area contributed by atoms with Gasteiger partial charge in [-0.2, -0.15) is 4.73 Å². The van der Waals surface area contributed by atoms with Crippen molar-refractivity contribution in [2.45, 2.75) is 6.42 Å². The number of amides is 1. The molecule has 0 saturated carbocycles. The summed E-state index contributed by atoms with van der Waals surface area (Å²) in [7, 11) is 3.12. The molecule has 0 aliphatic heterocycles. The van der Waals surface area contributed by atoms with Crippen molar-refractivity contribution >= 4 is 17.0 Å². The lowest BCUT2D eigenvalue weighted by molar-refractivity contribution is 0.140. The lowest BCUT2D eigenvalue weighted by Gasteiger charge is -2.05. The Morgan fingerprint density at radius 1 is 1.47 bits per heavy atom. The highest BCUT2D eigenvalue weighted by atomic mass is 16.7. The standard InChI is InChI=1S/C13H17N3O3/c1-15-13(17)19-16-8-9(5-6-14)11-7-10(18-2)3-4-12(11)16/h3-4,7-8H,5-6,14H2,1-2H3,(H,15,17). The maximum Gasteiger partial charge on any atom is 0.431 e. The van der Waals surface area contributed by atoms with Gasteiger partial charge in [-0.1, -0.05) is 0 Å². The number of nitrogens with two attached hydrogens (primary N) is 1. The summed E-state index contributed by atoms with van der Waals surface area (Å²) in [6.07, 6.45) is 1.95. The van der Waals surface area contributed by atoms with Crippen LogP contribution in [0.15, 0.2) is 24.4 Å². The van der Waals surface area contributed by atoms with Crippen molar-refractivity contribution in [1.29, 1.82) is 0 Å². The molecule has 0 aliphatic carbocycles. The summed E-state index contributed by atoms with van der Waals surface area (Å²) in [5, 5.41) is 3.38. The van der Waals surface area contributed by atoms with Crippen LogP contribution in [0.1, 0.15) is 5.56 Å². The van der Waals surface area contributed by atoms with Gasteiger partial charge in [0.25, 0.3) is 0 Å². The van der Waals surface area contributed by atoms with Crippen molar-refractivity contribution < 1.29 is 14.4 Å². The van der Waals surface area contributed by atoms with Crippen LogP contribution in [0.3, 0.4) is 0 Å². The number of hydrogen-bond donors (Lipinski definition) is 2. The predicted octanol–water partition coefficient (Wildman–Crippen LogP) is 0.919. The Morgan fingerprint density at radius 2 is 2.26 bits per heavy atom. The van der Waals surface area contributed by atoms with Crippen LogP contribution >= 0.6 is 0 Å². The van der Waals surface area contributed by atoms with E-state index in [-0.39, 0.29) is 0 Å². The maximum atomic E-state index is 11.3. The molecule has 0 fully saturated rings. The van der Waals surface area contributed by atoms with Crippen LogP contribution in [0.5, 0.6) is 5.75 Å². The molecular formula is C13H17N3O3. The average Bonchev–Trinajstić information content (AvgIpc) is 2.76. The topological polar surface area (TPSA) is 78.5 Å². The molecule has 102 valence electrons. The number of ether oxygens (including phenoxy) is 1. The van der Waals surface area contributed by atoms with E-state index < -0.39 is 6.09 Å². The molecule has 6 heteroatoms. The van der Waals surface area contributed by atoms with E-state index in [4.69, 9.17) is 15.3 Å². The van der Waals surface area contributed by atoms with Gasteiger partial charge in [-0.05, 0) is 36.7 Å². The van der Waals surface area contributed by atoms with Crippen LogP contribution in [0.2, 0.25) is 0 Å². The number of rotatable bonds is 4. The molecule has 1 amide bonds.